The van der Waals surface area contributed by atoms with Crippen LogP contribution in [-0.4, -0.2) is 30.9 Å². The van der Waals surface area contributed by atoms with Crippen LogP contribution in [0.1, 0.15) is 31.1 Å². The zero-order valence-corrected chi connectivity index (χ0v) is 17.1. The van der Waals surface area contributed by atoms with E-state index in [9.17, 15) is 14.4 Å². The number of hydrogen-bond acceptors (Lipinski definition) is 7. The molecule has 9 nitrogen and oxygen atoms in total. The lowest BCUT2D eigenvalue weighted by Crippen LogP contribution is -2.37. The van der Waals surface area contributed by atoms with Crippen molar-refractivity contribution >= 4 is 34.5 Å². The van der Waals surface area contributed by atoms with Gasteiger partial charge in [-0.15, -0.1) is 11.8 Å². The number of carbonyl (C=O) groups is 1. The minimum atomic E-state index is -0.447. The van der Waals surface area contributed by atoms with Crippen molar-refractivity contribution in [3.63, 3.8) is 0 Å². The fraction of sp³-hybridized carbons (Fsp3) is 0.389. The molecule has 0 bridgehead atoms. The third-order valence-electron chi connectivity index (χ3n) is 4.31. The van der Waals surface area contributed by atoms with E-state index in [1.807, 2.05) is 13.8 Å². The number of nitrogens with one attached hydrogen (secondary N) is 1. The number of hydrogen-bond donors (Lipinski definition) is 1. The summed E-state index contributed by atoms with van der Waals surface area (Å²) in [4.78, 5) is 42.3. The Labute approximate surface area is 164 Å². The number of amides is 1. The quantitative estimate of drug-likeness (QED) is 0.646. The van der Waals surface area contributed by atoms with Gasteiger partial charge in [0.05, 0.1) is 11.1 Å². The molecule has 0 saturated carbocycles. The zero-order chi connectivity index (χ0) is 20.6. The van der Waals surface area contributed by atoms with E-state index >= 15 is 0 Å². The van der Waals surface area contributed by atoms with Gasteiger partial charge in [-0.3, -0.25) is 18.7 Å². The summed E-state index contributed by atoms with van der Waals surface area (Å²) in [7, 11) is 3.00. The average molecular weight is 403 g/mol. The Bertz CT molecular complexity index is 1180. The Morgan fingerprint density at radius 2 is 2.00 bits per heavy atom. The maximum absolute atomic E-state index is 12.8. The van der Waals surface area contributed by atoms with Crippen LogP contribution >= 0.6 is 11.8 Å². The third-order valence-corrected chi connectivity index (χ3v) is 5.45. The molecule has 0 radical (unpaired) electrons. The summed E-state index contributed by atoms with van der Waals surface area (Å²) in [6.45, 7) is 5.70. The summed E-state index contributed by atoms with van der Waals surface area (Å²) >= 11 is 1.24. The van der Waals surface area contributed by atoms with Gasteiger partial charge in [-0.25, -0.2) is 9.78 Å². The van der Waals surface area contributed by atoms with Crippen LogP contribution in [0, 0.1) is 6.92 Å². The lowest BCUT2D eigenvalue weighted by atomic mass is 10.0. The maximum atomic E-state index is 12.8. The van der Waals surface area contributed by atoms with E-state index in [4.69, 9.17) is 4.52 Å². The first-order valence-corrected chi connectivity index (χ1v) is 9.63. The Kier molecular flexibility index (Phi) is 5.41. The van der Waals surface area contributed by atoms with Gasteiger partial charge in [0, 0.05) is 31.3 Å². The smallest absolute Gasteiger partial charge is 0.332 e. The highest BCUT2D eigenvalue weighted by Crippen LogP contribution is 2.32. The van der Waals surface area contributed by atoms with Gasteiger partial charge in [0.2, 0.25) is 5.91 Å². The number of nitrogens with zero attached hydrogens (tertiary/aromatic N) is 4. The van der Waals surface area contributed by atoms with Crippen LogP contribution < -0.4 is 16.6 Å². The molecule has 148 valence electrons. The molecule has 0 aliphatic heterocycles. The molecule has 3 rings (SSSR count). The van der Waals surface area contributed by atoms with Gasteiger partial charge in [0.15, 0.2) is 5.82 Å². The van der Waals surface area contributed by atoms with Gasteiger partial charge >= 0.3 is 5.69 Å². The molecular formula is C18H21N5O4S. The van der Waals surface area contributed by atoms with E-state index in [1.54, 1.807) is 26.2 Å². The lowest BCUT2D eigenvalue weighted by Gasteiger charge is -2.16. The van der Waals surface area contributed by atoms with Crippen molar-refractivity contribution in [1.29, 1.82) is 0 Å². The standard InChI is InChI=1S/C18H21N5O4S/c1-9(2)11-7-19-16-14(17(25)23(5)18(26)22(16)4)15(11)28-8-13(24)20-12-6-10(3)27-21-12/h6-7,9H,8H2,1-5H3,(H,20,21,24). The van der Waals surface area contributed by atoms with Crippen molar-refractivity contribution in [2.75, 3.05) is 11.1 Å². The first-order valence-electron chi connectivity index (χ1n) is 8.65. The van der Waals surface area contributed by atoms with Crippen LogP contribution in [0.25, 0.3) is 11.0 Å². The molecule has 0 aliphatic rings. The van der Waals surface area contributed by atoms with Crippen molar-refractivity contribution in [1.82, 2.24) is 19.3 Å². The second-order valence-corrected chi connectivity index (χ2v) is 7.75. The summed E-state index contributed by atoms with van der Waals surface area (Å²) in [6, 6.07) is 1.62. The topological polar surface area (TPSA) is 112 Å². The van der Waals surface area contributed by atoms with Gasteiger partial charge < -0.3 is 9.84 Å². The van der Waals surface area contributed by atoms with Crippen molar-refractivity contribution in [3.8, 4) is 0 Å². The normalized spacial score (nSPS) is 11.4. The second kappa shape index (κ2) is 7.63. The molecule has 3 heterocycles. The number of pyridine rings is 1. The summed E-state index contributed by atoms with van der Waals surface area (Å²) in [6.07, 6.45) is 1.66. The highest BCUT2D eigenvalue weighted by molar-refractivity contribution is 8.00. The van der Waals surface area contributed by atoms with E-state index in [-0.39, 0.29) is 17.6 Å². The van der Waals surface area contributed by atoms with Crippen LogP contribution in [-0.2, 0) is 18.9 Å². The highest BCUT2D eigenvalue weighted by atomic mass is 32.2. The van der Waals surface area contributed by atoms with Crippen LogP contribution in [0.2, 0.25) is 0 Å². The molecule has 28 heavy (non-hydrogen) atoms. The van der Waals surface area contributed by atoms with Gasteiger partial charge in [-0.1, -0.05) is 19.0 Å². The molecule has 1 N–H and O–H groups in total. The van der Waals surface area contributed by atoms with Crippen molar-refractivity contribution in [2.24, 2.45) is 14.1 Å². The van der Waals surface area contributed by atoms with Gasteiger partial charge in [-0.2, -0.15) is 0 Å². The zero-order valence-electron chi connectivity index (χ0n) is 16.3. The number of carbonyl (C=O) groups excluding carboxylic acids is 1. The number of thioether (sulfide) groups is 1. The first-order chi connectivity index (χ1) is 13.2. The number of fused-ring (bicyclic) bond motifs is 1. The van der Waals surface area contributed by atoms with Crippen LogP contribution in [0.4, 0.5) is 5.82 Å². The predicted octanol–water partition coefficient (Wildman–Crippen LogP) is 1.78. The summed E-state index contributed by atoms with van der Waals surface area (Å²) < 4.78 is 7.32. The maximum Gasteiger partial charge on any atom is 0.332 e. The molecule has 0 spiro atoms. The number of rotatable bonds is 5. The van der Waals surface area contributed by atoms with E-state index < -0.39 is 11.2 Å². The Morgan fingerprint density at radius 1 is 1.29 bits per heavy atom. The fourth-order valence-corrected chi connectivity index (χ4v) is 3.95. The highest BCUT2D eigenvalue weighted by Gasteiger charge is 2.20. The van der Waals surface area contributed by atoms with Gasteiger partial charge in [-0.05, 0) is 18.4 Å². The van der Waals surface area contributed by atoms with Crippen molar-refractivity contribution in [3.05, 3.63) is 44.4 Å². The monoisotopic (exact) mass is 403 g/mol. The first kappa shape index (κ1) is 19.9. The van der Waals surface area contributed by atoms with Gasteiger partial charge in [0.1, 0.15) is 11.4 Å². The average Bonchev–Trinajstić information content (AvgIpc) is 3.06. The molecule has 0 fully saturated rings. The molecule has 0 unspecified atom stereocenters. The SMILES string of the molecule is Cc1cc(NC(=O)CSc2c(C(C)C)cnc3c2c(=O)n(C)c(=O)n3C)no1. The van der Waals surface area contributed by atoms with E-state index in [0.29, 0.717) is 27.5 Å². The van der Waals surface area contributed by atoms with Gasteiger partial charge in [0.25, 0.3) is 5.56 Å². The van der Waals surface area contributed by atoms with Crippen LogP contribution in [0.5, 0.6) is 0 Å². The summed E-state index contributed by atoms with van der Waals surface area (Å²) in [5.74, 6) is 0.804. The van der Waals surface area contributed by atoms with E-state index in [0.717, 1.165) is 10.1 Å². The summed E-state index contributed by atoms with van der Waals surface area (Å²) in [5.41, 5.74) is 0.270. The van der Waals surface area contributed by atoms with Crippen LogP contribution in [0.15, 0.2) is 31.3 Å². The predicted molar refractivity (Wildman–Crippen MR) is 107 cm³/mol. The van der Waals surface area contributed by atoms with E-state index in [2.05, 4.69) is 15.5 Å². The second-order valence-electron chi connectivity index (χ2n) is 6.76. The molecular weight excluding hydrogens is 382 g/mol. The minimum Gasteiger partial charge on any atom is -0.360 e. The number of aromatic nitrogens is 4. The minimum absolute atomic E-state index is 0.0662. The van der Waals surface area contributed by atoms with E-state index in [1.165, 1.54) is 23.4 Å². The lowest BCUT2D eigenvalue weighted by molar-refractivity contribution is -0.113. The van der Waals surface area contributed by atoms with Crippen LogP contribution in [0.3, 0.4) is 0 Å². The largest absolute Gasteiger partial charge is 0.360 e. The Morgan fingerprint density at radius 3 is 2.61 bits per heavy atom. The molecule has 0 aromatic carbocycles. The molecule has 3 aromatic heterocycles. The third kappa shape index (κ3) is 3.59. The molecule has 10 heteroatoms. The van der Waals surface area contributed by atoms with Crippen molar-refractivity contribution < 1.29 is 9.32 Å². The number of anilines is 1. The van der Waals surface area contributed by atoms with Crippen molar-refractivity contribution in [2.45, 2.75) is 31.6 Å². The fourth-order valence-electron chi connectivity index (χ4n) is 2.83. The molecule has 0 aliphatic carbocycles. The molecule has 3 aromatic rings. The summed E-state index contributed by atoms with van der Waals surface area (Å²) in [5, 5.41) is 6.73. The Hall–Kier alpha value is -2.88. The Balaban J connectivity index is 2.03. The molecule has 1 amide bonds. The number of aryl methyl sites for hydroxylation is 2. The molecule has 0 saturated heterocycles. The molecule has 0 atom stereocenters.